The number of aryl methyl sites for hydroxylation is 2. The van der Waals surface area contributed by atoms with Crippen LogP contribution >= 0.6 is 11.6 Å². The van der Waals surface area contributed by atoms with Crippen molar-refractivity contribution in [1.29, 1.82) is 0 Å². The SMILES string of the molecule is Cc1ccc(Cl)cc1Nc1nncc(N2CCCc3ccccc32)n1. The highest BCUT2D eigenvalue weighted by Crippen LogP contribution is 2.32. The molecule has 0 saturated carbocycles. The van der Waals surface area contributed by atoms with Gasteiger partial charge in [-0.15, -0.1) is 5.10 Å². The van der Waals surface area contributed by atoms with E-state index in [-0.39, 0.29) is 0 Å². The number of hydrogen-bond donors (Lipinski definition) is 1. The van der Waals surface area contributed by atoms with Crippen LogP contribution in [0.3, 0.4) is 0 Å². The van der Waals surface area contributed by atoms with E-state index in [1.807, 2.05) is 25.1 Å². The second-order valence-corrected chi connectivity index (χ2v) is 6.54. The predicted molar refractivity (Wildman–Crippen MR) is 101 cm³/mol. The Hall–Kier alpha value is -2.66. The number of nitrogens with one attached hydrogen (secondary N) is 1. The number of benzene rings is 2. The van der Waals surface area contributed by atoms with Gasteiger partial charge in [-0.25, -0.2) is 0 Å². The van der Waals surface area contributed by atoms with Crippen LogP contribution in [0.15, 0.2) is 48.7 Å². The second-order valence-electron chi connectivity index (χ2n) is 6.11. The molecule has 0 amide bonds. The first-order valence-electron chi connectivity index (χ1n) is 8.29. The van der Waals surface area contributed by atoms with Gasteiger partial charge in [0.1, 0.15) is 0 Å². The molecule has 2 aromatic carbocycles. The van der Waals surface area contributed by atoms with Crippen LogP contribution in [-0.2, 0) is 6.42 Å². The number of aromatic nitrogens is 3. The van der Waals surface area contributed by atoms with E-state index in [9.17, 15) is 0 Å². The van der Waals surface area contributed by atoms with Crippen molar-refractivity contribution in [2.24, 2.45) is 0 Å². The molecule has 0 spiro atoms. The summed E-state index contributed by atoms with van der Waals surface area (Å²) in [6.07, 6.45) is 3.90. The Morgan fingerprint density at radius 1 is 1.16 bits per heavy atom. The van der Waals surface area contributed by atoms with Crippen LogP contribution in [0.5, 0.6) is 0 Å². The second kappa shape index (κ2) is 6.69. The van der Waals surface area contributed by atoms with E-state index >= 15 is 0 Å². The van der Waals surface area contributed by atoms with Crippen molar-refractivity contribution in [3.05, 3.63) is 64.8 Å². The van der Waals surface area contributed by atoms with Crippen LogP contribution in [0.2, 0.25) is 5.02 Å². The Kier molecular flexibility index (Phi) is 4.24. The molecule has 1 aliphatic heterocycles. The Balaban J connectivity index is 1.66. The van der Waals surface area contributed by atoms with Gasteiger partial charge in [0.15, 0.2) is 5.82 Å². The molecule has 0 fully saturated rings. The topological polar surface area (TPSA) is 53.9 Å². The van der Waals surface area contributed by atoms with Crippen molar-refractivity contribution < 1.29 is 0 Å². The third-order valence-electron chi connectivity index (χ3n) is 4.38. The average molecular weight is 352 g/mol. The number of nitrogens with zero attached hydrogens (tertiary/aromatic N) is 4. The molecule has 6 heteroatoms. The third-order valence-corrected chi connectivity index (χ3v) is 4.61. The molecule has 3 aromatic rings. The maximum Gasteiger partial charge on any atom is 0.249 e. The van der Waals surface area contributed by atoms with E-state index in [1.165, 1.54) is 11.3 Å². The molecule has 2 heterocycles. The highest BCUT2D eigenvalue weighted by Gasteiger charge is 2.19. The maximum absolute atomic E-state index is 6.09. The van der Waals surface area contributed by atoms with E-state index < -0.39 is 0 Å². The monoisotopic (exact) mass is 351 g/mol. The van der Waals surface area contributed by atoms with Crippen molar-refractivity contribution in [2.45, 2.75) is 19.8 Å². The lowest BCUT2D eigenvalue weighted by molar-refractivity contribution is 0.754. The van der Waals surface area contributed by atoms with Gasteiger partial charge in [-0.3, -0.25) is 0 Å². The lowest BCUT2D eigenvalue weighted by Gasteiger charge is -2.30. The van der Waals surface area contributed by atoms with E-state index in [4.69, 9.17) is 11.6 Å². The Bertz CT molecular complexity index is 912. The van der Waals surface area contributed by atoms with Crippen molar-refractivity contribution >= 4 is 34.7 Å². The van der Waals surface area contributed by atoms with Crippen molar-refractivity contribution in [2.75, 3.05) is 16.8 Å². The fourth-order valence-corrected chi connectivity index (χ4v) is 3.27. The zero-order valence-electron chi connectivity index (χ0n) is 13.9. The summed E-state index contributed by atoms with van der Waals surface area (Å²) in [7, 11) is 0. The van der Waals surface area contributed by atoms with Gasteiger partial charge in [0.05, 0.1) is 6.20 Å². The molecule has 0 unspecified atom stereocenters. The lowest BCUT2D eigenvalue weighted by atomic mass is 10.0. The molecule has 0 radical (unpaired) electrons. The standard InChI is InChI=1S/C19H18ClN5/c1-13-8-9-15(20)11-16(13)22-19-23-18(12-21-24-19)25-10-4-6-14-5-2-3-7-17(14)25/h2-3,5,7-9,11-12H,4,6,10H2,1H3,(H,22,23,24). The molecule has 0 bridgehead atoms. The van der Waals surface area contributed by atoms with Gasteiger partial charge < -0.3 is 10.2 Å². The number of rotatable bonds is 3. The number of anilines is 4. The molecule has 25 heavy (non-hydrogen) atoms. The number of halogens is 1. The normalized spacial score (nSPS) is 13.4. The minimum absolute atomic E-state index is 0.464. The molecule has 126 valence electrons. The molecule has 5 nitrogen and oxygen atoms in total. The zero-order chi connectivity index (χ0) is 17.2. The highest BCUT2D eigenvalue weighted by molar-refractivity contribution is 6.30. The maximum atomic E-state index is 6.09. The summed E-state index contributed by atoms with van der Waals surface area (Å²) in [5.41, 5.74) is 4.49. The molecule has 0 aliphatic carbocycles. The van der Waals surface area contributed by atoms with Crippen LogP contribution in [0, 0.1) is 6.92 Å². The van der Waals surface area contributed by atoms with E-state index in [0.717, 1.165) is 36.5 Å². The van der Waals surface area contributed by atoms with Gasteiger partial charge in [0.2, 0.25) is 5.95 Å². The van der Waals surface area contributed by atoms with Crippen molar-refractivity contribution in [3.8, 4) is 0 Å². The molecular weight excluding hydrogens is 334 g/mol. The first-order chi connectivity index (χ1) is 12.2. The Labute approximate surface area is 151 Å². The van der Waals surface area contributed by atoms with Gasteiger partial charge in [-0.05, 0) is 49.1 Å². The summed E-state index contributed by atoms with van der Waals surface area (Å²) in [6.45, 7) is 2.93. The summed E-state index contributed by atoms with van der Waals surface area (Å²) >= 11 is 6.09. The summed E-state index contributed by atoms with van der Waals surface area (Å²) in [4.78, 5) is 6.86. The molecule has 0 saturated heterocycles. The van der Waals surface area contributed by atoms with Gasteiger partial charge in [0.25, 0.3) is 0 Å². The summed E-state index contributed by atoms with van der Waals surface area (Å²) in [5, 5.41) is 12.1. The van der Waals surface area contributed by atoms with E-state index in [1.54, 1.807) is 6.20 Å². The number of fused-ring (bicyclic) bond motifs is 1. The fourth-order valence-electron chi connectivity index (χ4n) is 3.10. The number of para-hydroxylation sites is 1. The molecule has 0 atom stereocenters. The zero-order valence-corrected chi connectivity index (χ0v) is 14.7. The first kappa shape index (κ1) is 15.8. The fraction of sp³-hybridized carbons (Fsp3) is 0.211. The third kappa shape index (κ3) is 3.28. The minimum atomic E-state index is 0.464. The summed E-state index contributed by atoms with van der Waals surface area (Å²) in [5.74, 6) is 1.26. The van der Waals surface area contributed by atoms with Gasteiger partial charge in [0, 0.05) is 22.9 Å². The predicted octanol–water partition coefficient (Wildman–Crippen LogP) is 4.66. The van der Waals surface area contributed by atoms with Crippen molar-refractivity contribution in [3.63, 3.8) is 0 Å². The molecule has 1 aromatic heterocycles. The lowest BCUT2D eigenvalue weighted by Crippen LogP contribution is -2.25. The quantitative estimate of drug-likeness (QED) is 0.743. The minimum Gasteiger partial charge on any atom is -0.325 e. The molecule has 1 aliphatic rings. The summed E-state index contributed by atoms with van der Waals surface area (Å²) < 4.78 is 0. The highest BCUT2D eigenvalue weighted by atomic mass is 35.5. The largest absolute Gasteiger partial charge is 0.325 e. The molecule has 1 N–H and O–H groups in total. The van der Waals surface area contributed by atoms with Gasteiger partial charge >= 0.3 is 0 Å². The van der Waals surface area contributed by atoms with E-state index in [2.05, 4.69) is 49.7 Å². The number of hydrogen-bond acceptors (Lipinski definition) is 5. The van der Waals surface area contributed by atoms with Crippen molar-refractivity contribution in [1.82, 2.24) is 15.2 Å². The van der Waals surface area contributed by atoms with Gasteiger partial charge in [-0.1, -0.05) is 35.9 Å². The van der Waals surface area contributed by atoms with Crippen LogP contribution in [0.1, 0.15) is 17.5 Å². The average Bonchev–Trinajstić information content (AvgIpc) is 2.64. The Morgan fingerprint density at radius 3 is 2.96 bits per heavy atom. The Morgan fingerprint density at radius 2 is 2.04 bits per heavy atom. The van der Waals surface area contributed by atoms with Gasteiger partial charge in [-0.2, -0.15) is 10.1 Å². The van der Waals surface area contributed by atoms with Crippen LogP contribution in [0.4, 0.5) is 23.1 Å². The van der Waals surface area contributed by atoms with Crippen LogP contribution in [0.25, 0.3) is 0 Å². The van der Waals surface area contributed by atoms with Crippen LogP contribution < -0.4 is 10.2 Å². The van der Waals surface area contributed by atoms with E-state index in [0.29, 0.717) is 11.0 Å². The molecular formula is C19H18ClN5. The van der Waals surface area contributed by atoms with Crippen LogP contribution in [-0.4, -0.2) is 21.7 Å². The summed E-state index contributed by atoms with van der Waals surface area (Å²) in [6, 6.07) is 14.1. The smallest absolute Gasteiger partial charge is 0.249 e. The first-order valence-corrected chi connectivity index (χ1v) is 8.67. The molecule has 4 rings (SSSR count).